The molecule has 0 fully saturated rings. The van der Waals surface area contributed by atoms with Crippen LogP contribution < -0.4 is 5.32 Å². The van der Waals surface area contributed by atoms with Gasteiger partial charge in [0, 0.05) is 19.2 Å². The van der Waals surface area contributed by atoms with Crippen molar-refractivity contribution in [1.82, 2.24) is 10.2 Å². The summed E-state index contributed by atoms with van der Waals surface area (Å²) >= 11 is 0. The SMILES string of the molecule is CC=O.CNc1n[nH]c2ccc([N+](=O)[O-])cc12. The molecule has 0 aliphatic rings. The zero-order valence-electron chi connectivity index (χ0n) is 9.43. The highest BCUT2D eigenvalue weighted by Crippen LogP contribution is 2.24. The van der Waals surface area contributed by atoms with E-state index in [1.165, 1.54) is 19.1 Å². The van der Waals surface area contributed by atoms with Gasteiger partial charge in [-0.1, -0.05) is 0 Å². The van der Waals surface area contributed by atoms with E-state index in [9.17, 15) is 10.1 Å². The molecule has 1 aromatic carbocycles. The summed E-state index contributed by atoms with van der Waals surface area (Å²) in [6, 6.07) is 4.58. The van der Waals surface area contributed by atoms with E-state index in [1.807, 2.05) is 0 Å². The number of non-ortho nitro benzene ring substituents is 1. The van der Waals surface area contributed by atoms with Crippen LogP contribution in [0.15, 0.2) is 18.2 Å². The minimum Gasteiger partial charge on any atom is -0.371 e. The molecule has 0 radical (unpaired) electrons. The first kappa shape index (κ1) is 12.6. The van der Waals surface area contributed by atoms with E-state index < -0.39 is 4.92 Å². The first-order chi connectivity index (χ1) is 8.13. The van der Waals surface area contributed by atoms with E-state index in [2.05, 4.69) is 15.5 Å². The van der Waals surface area contributed by atoms with Crippen molar-refractivity contribution in [2.45, 2.75) is 6.92 Å². The molecule has 0 spiro atoms. The van der Waals surface area contributed by atoms with Crippen LogP contribution >= 0.6 is 0 Å². The molecule has 2 aromatic rings. The zero-order valence-corrected chi connectivity index (χ0v) is 9.43. The zero-order chi connectivity index (χ0) is 12.8. The Kier molecular flexibility index (Phi) is 4.15. The fourth-order valence-electron chi connectivity index (χ4n) is 1.31. The number of hydrogen-bond acceptors (Lipinski definition) is 5. The molecule has 1 aromatic heterocycles. The third-order valence-corrected chi connectivity index (χ3v) is 1.99. The van der Waals surface area contributed by atoms with E-state index in [4.69, 9.17) is 4.79 Å². The normalized spacial score (nSPS) is 9.29. The number of aromatic nitrogens is 2. The van der Waals surface area contributed by atoms with Gasteiger partial charge in [0.1, 0.15) is 6.29 Å². The summed E-state index contributed by atoms with van der Waals surface area (Å²) in [4.78, 5) is 18.9. The molecule has 7 heteroatoms. The second-order valence-electron chi connectivity index (χ2n) is 3.04. The number of hydrogen-bond donors (Lipinski definition) is 2. The van der Waals surface area contributed by atoms with Gasteiger partial charge in [0.15, 0.2) is 5.82 Å². The van der Waals surface area contributed by atoms with Crippen LogP contribution in [0, 0.1) is 10.1 Å². The van der Waals surface area contributed by atoms with Gasteiger partial charge in [0.05, 0.1) is 15.8 Å². The Morgan fingerprint density at radius 1 is 1.53 bits per heavy atom. The molecule has 0 aliphatic carbocycles. The van der Waals surface area contributed by atoms with Crippen molar-refractivity contribution >= 4 is 28.7 Å². The van der Waals surface area contributed by atoms with Gasteiger partial charge in [-0.3, -0.25) is 15.2 Å². The lowest BCUT2D eigenvalue weighted by atomic mass is 10.2. The summed E-state index contributed by atoms with van der Waals surface area (Å²) in [7, 11) is 1.72. The van der Waals surface area contributed by atoms with Gasteiger partial charge in [-0.15, -0.1) is 0 Å². The molecule has 0 atom stereocenters. The van der Waals surface area contributed by atoms with Crippen molar-refractivity contribution in [3.8, 4) is 0 Å². The summed E-state index contributed by atoms with van der Waals surface area (Å²) in [6.45, 7) is 1.44. The van der Waals surface area contributed by atoms with Crippen molar-refractivity contribution in [2.75, 3.05) is 12.4 Å². The number of carbonyl (C=O) groups is 1. The number of aromatic amines is 1. The molecule has 0 saturated carbocycles. The predicted molar refractivity (Wildman–Crippen MR) is 64.0 cm³/mol. The average Bonchev–Trinajstić information content (AvgIpc) is 2.71. The Hall–Kier alpha value is -2.44. The van der Waals surface area contributed by atoms with Crippen LogP contribution in [0.3, 0.4) is 0 Å². The molecule has 90 valence electrons. The Balaban J connectivity index is 0.000000437. The minimum atomic E-state index is -0.425. The molecule has 7 nitrogen and oxygen atoms in total. The standard InChI is InChI=1S/C8H8N4O2.C2H4O/c1-9-8-6-4-5(12(13)14)2-3-7(6)10-11-8;1-2-3/h2-4H,1H3,(H2,9,10,11);2H,1H3. The topological polar surface area (TPSA) is 101 Å². The lowest BCUT2D eigenvalue weighted by Crippen LogP contribution is -1.89. The van der Waals surface area contributed by atoms with E-state index in [0.29, 0.717) is 5.82 Å². The molecular formula is C10H12N4O3. The van der Waals surface area contributed by atoms with Crippen LogP contribution in [0.1, 0.15) is 6.92 Å². The number of nitro groups is 1. The Morgan fingerprint density at radius 3 is 2.71 bits per heavy atom. The van der Waals surface area contributed by atoms with Crippen LogP contribution in [-0.2, 0) is 4.79 Å². The summed E-state index contributed by atoms with van der Waals surface area (Å²) in [5.74, 6) is 0.615. The summed E-state index contributed by atoms with van der Waals surface area (Å²) in [5, 5.41) is 20.8. The van der Waals surface area contributed by atoms with Crippen LogP contribution in [-0.4, -0.2) is 28.5 Å². The van der Waals surface area contributed by atoms with Gasteiger partial charge in [-0.05, 0) is 13.0 Å². The smallest absolute Gasteiger partial charge is 0.270 e. The Morgan fingerprint density at radius 2 is 2.18 bits per heavy atom. The van der Waals surface area contributed by atoms with Gasteiger partial charge in [0.2, 0.25) is 0 Å². The average molecular weight is 236 g/mol. The first-order valence-corrected chi connectivity index (χ1v) is 4.84. The van der Waals surface area contributed by atoms with Crippen LogP contribution in [0.4, 0.5) is 11.5 Å². The number of aldehydes is 1. The molecule has 0 aliphatic heterocycles. The molecule has 0 amide bonds. The lowest BCUT2D eigenvalue weighted by Gasteiger charge is -1.94. The van der Waals surface area contributed by atoms with E-state index in [-0.39, 0.29) is 5.69 Å². The van der Waals surface area contributed by atoms with Gasteiger partial charge in [0.25, 0.3) is 5.69 Å². The molecule has 2 rings (SSSR count). The quantitative estimate of drug-likeness (QED) is 0.469. The second-order valence-corrected chi connectivity index (χ2v) is 3.04. The van der Waals surface area contributed by atoms with Crippen LogP contribution in [0.25, 0.3) is 10.9 Å². The first-order valence-electron chi connectivity index (χ1n) is 4.84. The van der Waals surface area contributed by atoms with E-state index >= 15 is 0 Å². The number of rotatable bonds is 2. The number of nitrogens with zero attached hydrogens (tertiary/aromatic N) is 2. The largest absolute Gasteiger partial charge is 0.371 e. The van der Waals surface area contributed by atoms with E-state index in [0.717, 1.165) is 17.2 Å². The summed E-state index contributed by atoms with van der Waals surface area (Å²) in [6.07, 6.45) is 0.750. The fraction of sp³-hybridized carbons (Fsp3) is 0.200. The molecule has 0 unspecified atom stereocenters. The van der Waals surface area contributed by atoms with Crippen LogP contribution in [0.2, 0.25) is 0 Å². The van der Waals surface area contributed by atoms with Crippen molar-refractivity contribution in [3.63, 3.8) is 0 Å². The number of nitro benzene ring substituents is 1. The number of benzene rings is 1. The molecule has 0 saturated heterocycles. The van der Waals surface area contributed by atoms with Crippen molar-refractivity contribution < 1.29 is 9.72 Å². The molecule has 2 N–H and O–H groups in total. The number of carbonyl (C=O) groups excluding carboxylic acids is 1. The second kappa shape index (κ2) is 5.59. The van der Waals surface area contributed by atoms with Gasteiger partial charge in [-0.25, -0.2) is 0 Å². The van der Waals surface area contributed by atoms with Gasteiger partial charge < -0.3 is 10.1 Å². The maximum Gasteiger partial charge on any atom is 0.270 e. The Labute approximate surface area is 97.0 Å². The molecular weight excluding hydrogens is 224 g/mol. The highest BCUT2D eigenvalue weighted by molar-refractivity contribution is 5.91. The Bertz CT molecular complexity index is 535. The monoisotopic (exact) mass is 236 g/mol. The fourth-order valence-corrected chi connectivity index (χ4v) is 1.31. The summed E-state index contributed by atoms with van der Waals surface area (Å²) < 4.78 is 0. The summed E-state index contributed by atoms with van der Waals surface area (Å²) in [5.41, 5.74) is 0.843. The third kappa shape index (κ3) is 2.77. The predicted octanol–water partition coefficient (Wildman–Crippen LogP) is 1.72. The van der Waals surface area contributed by atoms with Crippen LogP contribution in [0.5, 0.6) is 0 Å². The lowest BCUT2D eigenvalue weighted by molar-refractivity contribution is -0.384. The van der Waals surface area contributed by atoms with Crippen molar-refractivity contribution in [3.05, 3.63) is 28.3 Å². The highest BCUT2D eigenvalue weighted by atomic mass is 16.6. The van der Waals surface area contributed by atoms with Gasteiger partial charge in [-0.2, -0.15) is 5.10 Å². The molecule has 0 bridgehead atoms. The highest BCUT2D eigenvalue weighted by Gasteiger charge is 2.10. The number of anilines is 1. The van der Waals surface area contributed by atoms with Gasteiger partial charge >= 0.3 is 0 Å². The third-order valence-electron chi connectivity index (χ3n) is 1.99. The molecule has 17 heavy (non-hydrogen) atoms. The maximum absolute atomic E-state index is 10.5. The number of nitrogens with one attached hydrogen (secondary N) is 2. The molecule has 1 heterocycles. The van der Waals surface area contributed by atoms with Crippen molar-refractivity contribution in [2.24, 2.45) is 0 Å². The van der Waals surface area contributed by atoms with E-state index in [1.54, 1.807) is 13.1 Å². The maximum atomic E-state index is 10.5. The minimum absolute atomic E-state index is 0.0652. The van der Waals surface area contributed by atoms with Crippen molar-refractivity contribution in [1.29, 1.82) is 0 Å². The number of H-pyrrole nitrogens is 1. The number of fused-ring (bicyclic) bond motifs is 1.